The van der Waals surface area contributed by atoms with Crippen LogP contribution in [0.5, 0.6) is 0 Å². The third-order valence-electron chi connectivity index (χ3n) is 3.75. The van der Waals surface area contributed by atoms with Crippen molar-refractivity contribution >= 4 is 10.9 Å². The molecule has 2 N–H and O–H groups in total. The van der Waals surface area contributed by atoms with Gasteiger partial charge in [-0.15, -0.1) is 0 Å². The molecule has 2 nitrogen and oxygen atoms in total. The summed E-state index contributed by atoms with van der Waals surface area (Å²) in [7, 11) is 2.06. The van der Waals surface area contributed by atoms with Crippen LogP contribution in [0.15, 0.2) is 18.2 Å². The largest absolute Gasteiger partial charge is 0.358 e. The van der Waals surface area contributed by atoms with Crippen LogP contribution in [0.25, 0.3) is 10.9 Å². The first-order chi connectivity index (χ1) is 7.78. The zero-order valence-corrected chi connectivity index (χ0v) is 9.93. The lowest BCUT2D eigenvalue weighted by Crippen LogP contribution is -2.31. The summed E-state index contributed by atoms with van der Waals surface area (Å²) in [6, 6.07) is 7.37. The zero-order valence-electron chi connectivity index (χ0n) is 9.93. The molecule has 0 bridgehead atoms. The van der Waals surface area contributed by atoms with E-state index in [2.05, 4.69) is 42.5 Å². The van der Waals surface area contributed by atoms with Crippen LogP contribution in [-0.4, -0.2) is 18.1 Å². The number of benzene rings is 1. The second-order valence-electron chi connectivity index (χ2n) is 4.86. The summed E-state index contributed by atoms with van der Waals surface area (Å²) >= 11 is 0. The van der Waals surface area contributed by atoms with E-state index in [1.54, 1.807) is 0 Å². The number of aromatic amines is 1. The quantitative estimate of drug-likeness (QED) is 0.750. The van der Waals surface area contributed by atoms with E-state index in [4.69, 9.17) is 0 Å². The van der Waals surface area contributed by atoms with Gasteiger partial charge in [0.25, 0.3) is 0 Å². The van der Waals surface area contributed by atoms with Crippen molar-refractivity contribution in [1.82, 2.24) is 10.3 Å². The van der Waals surface area contributed by atoms with E-state index < -0.39 is 0 Å². The van der Waals surface area contributed by atoms with Crippen molar-refractivity contribution in [2.24, 2.45) is 0 Å². The van der Waals surface area contributed by atoms with Crippen LogP contribution in [0.3, 0.4) is 0 Å². The molecule has 1 aliphatic carbocycles. The van der Waals surface area contributed by atoms with E-state index in [-0.39, 0.29) is 0 Å². The molecule has 0 saturated carbocycles. The van der Waals surface area contributed by atoms with Gasteiger partial charge in [-0.25, -0.2) is 0 Å². The molecule has 2 aromatic rings. The molecular weight excluding hydrogens is 196 g/mol. The second-order valence-corrected chi connectivity index (χ2v) is 4.86. The Labute approximate surface area is 96.1 Å². The highest BCUT2D eigenvalue weighted by Crippen LogP contribution is 2.29. The van der Waals surface area contributed by atoms with Crippen LogP contribution in [0.4, 0.5) is 0 Å². The van der Waals surface area contributed by atoms with Gasteiger partial charge in [-0.1, -0.05) is 12.1 Å². The molecule has 0 fully saturated rings. The minimum absolute atomic E-state index is 0.646. The number of H-pyrrole nitrogens is 1. The number of likely N-dealkylation sites (N-methyl/N-ethyl adjacent to an activating group) is 1. The van der Waals surface area contributed by atoms with E-state index >= 15 is 0 Å². The zero-order chi connectivity index (χ0) is 11.1. The number of aromatic nitrogens is 1. The normalized spacial score (nSPS) is 20.0. The summed E-state index contributed by atoms with van der Waals surface area (Å²) < 4.78 is 0. The molecule has 16 heavy (non-hydrogen) atoms. The first kappa shape index (κ1) is 9.91. The first-order valence-electron chi connectivity index (χ1n) is 6.05. The van der Waals surface area contributed by atoms with Crippen molar-refractivity contribution < 1.29 is 0 Å². The summed E-state index contributed by atoms with van der Waals surface area (Å²) in [6.45, 7) is 2.15. The molecule has 0 aliphatic heterocycles. The van der Waals surface area contributed by atoms with Crippen LogP contribution in [0.2, 0.25) is 0 Å². The Morgan fingerprint density at radius 2 is 2.25 bits per heavy atom. The lowest BCUT2D eigenvalue weighted by atomic mass is 9.91. The summed E-state index contributed by atoms with van der Waals surface area (Å²) in [6.07, 6.45) is 3.58. The minimum Gasteiger partial charge on any atom is -0.358 e. The maximum Gasteiger partial charge on any atom is 0.0461 e. The number of hydrogen-bond donors (Lipinski definition) is 2. The monoisotopic (exact) mass is 214 g/mol. The van der Waals surface area contributed by atoms with Gasteiger partial charge < -0.3 is 10.3 Å². The highest BCUT2D eigenvalue weighted by molar-refractivity contribution is 5.85. The number of hydrogen-bond acceptors (Lipinski definition) is 1. The van der Waals surface area contributed by atoms with Gasteiger partial charge in [-0.2, -0.15) is 0 Å². The summed E-state index contributed by atoms with van der Waals surface area (Å²) in [5, 5.41) is 4.81. The molecule has 3 rings (SSSR count). The predicted octanol–water partition coefficient (Wildman–Crippen LogP) is 2.55. The van der Waals surface area contributed by atoms with Crippen molar-refractivity contribution in [3.05, 3.63) is 35.0 Å². The predicted molar refractivity (Wildman–Crippen MR) is 67.9 cm³/mol. The van der Waals surface area contributed by atoms with E-state index in [9.17, 15) is 0 Å². The van der Waals surface area contributed by atoms with Gasteiger partial charge >= 0.3 is 0 Å². The smallest absolute Gasteiger partial charge is 0.0461 e. The van der Waals surface area contributed by atoms with Gasteiger partial charge in [-0.05, 0) is 50.4 Å². The van der Waals surface area contributed by atoms with E-state index in [0.717, 1.165) is 6.42 Å². The maximum atomic E-state index is 3.57. The fourth-order valence-electron chi connectivity index (χ4n) is 2.79. The van der Waals surface area contributed by atoms with Crippen molar-refractivity contribution in [2.75, 3.05) is 7.05 Å². The fraction of sp³-hybridized carbons (Fsp3) is 0.429. The van der Waals surface area contributed by atoms with Crippen LogP contribution in [-0.2, 0) is 12.8 Å². The first-order valence-corrected chi connectivity index (χ1v) is 6.05. The third kappa shape index (κ3) is 1.45. The molecule has 0 amide bonds. The van der Waals surface area contributed by atoms with Crippen molar-refractivity contribution in [2.45, 2.75) is 32.2 Å². The SMILES string of the molecule is CNC1CCc2[nH]c3cc(C)ccc3c2C1. The second kappa shape index (κ2) is 3.63. The Hall–Kier alpha value is -1.28. The average Bonchev–Trinajstić information content (AvgIpc) is 2.65. The molecule has 1 aliphatic rings. The lowest BCUT2D eigenvalue weighted by Gasteiger charge is -2.21. The molecule has 1 aromatic heterocycles. The topological polar surface area (TPSA) is 27.8 Å². The molecule has 0 radical (unpaired) electrons. The minimum atomic E-state index is 0.646. The van der Waals surface area contributed by atoms with Gasteiger partial charge in [0.05, 0.1) is 0 Å². The molecule has 1 atom stereocenters. The van der Waals surface area contributed by atoms with Crippen LogP contribution in [0.1, 0.15) is 23.2 Å². The van der Waals surface area contributed by atoms with Gasteiger partial charge in [0.15, 0.2) is 0 Å². The molecule has 1 heterocycles. The number of nitrogens with one attached hydrogen (secondary N) is 2. The van der Waals surface area contributed by atoms with Gasteiger partial charge in [0.2, 0.25) is 0 Å². The third-order valence-corrected chi connectivity index (χ3v) is 3.75. The molecule has 1 aromatic carbocycles. The summed E-state index contributed by atoms with van der Waals surface area (Å²) in [5.41, 5.74) is 5.62. The molecule has 84 valence electrons. The van der Waals surface area contributed by atoms with E-state index in [1.165, 1.54) is 40.6 Å². The molecule has 1 unspecified atom stereocenters. The summed E-state index contributed by atoms with van der Waals surface area (Å²) in [5.74, 6) is 0. The van der Waals surface area contributed by atoms with E-state index in [0.29, 0.717) is 6.04 Å². The lowest BCUT2D eigenvalue weighted by molar-refractivity contribution is 0.495. The van der Waals surface area contributed by atoms with Gasteiger partial charge in [0.1, 0.15) is 0 Å². The van der Waals surface area contributed by atoms with Crippen molar-refractivity contribution in [3.63, 3.8) is 0 Å². The highest BCUT2D eigenvalue weighted by atomic mass is 14.9. The number of fused-ring (bicyclic) bond motifs is 3. The maximum absolute atomic E-state index is 3.57. The molecule has 0 saturated heterocycles. The summed E-state index contributed by atoms with van der Waals surface area (Å²) in [4.78, 5) is 3.57. The Morgan fingerprint density at radius 1 is 1.38 bits per heavy atom. The van der Waals surface area contributed by atoms with Crippen LogP contribution in [0, 0.1) is 6.92 Å². The Kier molecular flexibility index (Phi) is 2.25. The van der Waals surface area contributed by atoms with Crippen LogP contribution < -0.4 is 5.32 Å². The van der Waals surface area contributed by atoms with Gasteiger partial charge in [0, 0.05) is 22.6 Å². The van der Waals surface area contributed by atoms with E-state index in [1.807, 2.05) is 0 Å². The Balaban J connectivity index is 2.14. The Bertz CT molecular complexity index is 525. The fourth-order valence-corrected chi connectivity index (χ4v) is 2.79. The molecule has 0 spiro atoms. The molecule has 2 heteroatoms. The Morgan fingerprint density at radius 3 is 3.06 bits per heavy atom. The van der Waals surface area contributed by atoms with Crippen molar-refractivity contribution in [3.8, 4) is 0 Å². The van der Waals surface area contributed by atoms with Gasteiger partial charge in [-0.3, -0.25) is 0 Å². The average molecular weight is 214 g/mol. The molecular formula is C14H18N2. The highest BCUT2D eigenvalue weighted by Gasteiger charge is 2.20. The standard InChI is InChI=1S/C14H18N2/c1-9-3-5-11-12-8-10(15-2)4-6-13(12)16-14(11)7-9/h3,5,7,10,15-16H,4,6,8H2,1-2H3. The number of aryl methyl sites for hydroxylation is 2. The van der Waals surface area contributed by atoms with Crippen molar-refractivity contribution in [1.29, 1.82) is 0 Å². The number of rotatable bonds is 1. The van der Waals surface area contributed by atoms with Crippen LogP contribution >= 0.6 is 0 Å².